The third kappa shape index (κ3) is 7.67. The molecule has 174 valence electrons. The number of benzene rings is 2. The maximum absolute atomic E-state index is 12.6. The van der Waals surface area contributed by atoms with Crippen molar-refractivity contribution in [3.8, 4) is 5.75 Å². The Bertz CT molecular complexity index is 963. The molecule has 0 aromatic heterocycles. The number of nitrogens with zero attached hydrogens (tertiary/aromatic N) is 1. The smallest absolute Gasteiger partial charge is 0.243 e. The molecule has 1 heterocycles. The SMILES string of the molecule is O=C(CCCSc1ccc(Cl)cc1)NCCOc1ccc(S(=O)(=O)N2CCOCC2)cc1. The zero-order chi connectivity index (χ0) is 22.8. The molecule has 7 nitrogen and oxygen atoms in total. The molecule has 0 unspecified atom stereocenters. The Hall–Kier alpha value is -1.78. The van der Waals surface area contributed by atoms with E-state index in [0.717, 1.165) is 17.1 Å². The molecule has 3 rings (SSSR count). The summed E-state index contributed by atoms with van der Waals surface area (Å²) in [5.74, 6) is 1.39. The van der Waals surface area contributed by atoms with Crippen molar-refractivity contribution in [2.75, 3.05) is 45.2 Å². The van der Waals surface area contributed by atoms with E-state index < -0.39 is 10.0 Å². The summed E-state index contributed by atoms with van der Waals surface area (Å²) in [6.07, 6.45) is 1.23. The highest BCUT2D eigenvalue weighted by atomic mass is 35.5. The van der Waals surface area contributed by atoms with Crippen molar-refractivity contribution >= 4 is 39.3 Å². The molecule has 0 atom stereocenters. The number of nitrogens with one attached hydrogen (secondary N) is 1. The van der Waals surface area contributed by atoms with Crippen LogP contribution in [0.2, 0.25) is 5.02 Å². The Kier molecular flexibility index (Phi) is 9.68. The van der Waals surface area contributed by atoms with E-state index in [1.54, 1.807) is 23.9 Å². The van der Waals surface area contributed by atoms with E-state index in [9.17, 15) is 13.2 Å². The van der Waals surface area contributed by atoms with Gasteiger partial charge in [-0.05, 0) is 60.7 Å². The number of carbonyl (C=O) groups excluding carboxylic acids is 1. The molecule has 32 heavy (non-hydrogen) atoms. The van der Waals surface area contributed by atoms with Crippen LogP contribution in [0.3, 0.4) is 0 Å². The first kappa shape index (κ1) is 24.9. The van der Waals surface area contributed by atoms with Crippen LogP contribution in [0.4, 0.5) is 0 Å². The van der Waals surface area contributed by atoms with Gasteiger partial charge in [0.15, 0.2) is 0 Å². The summed E-state index contributed by atoms with van der Waals surface area (Å²) in [5.41, 5.74) is 0. The average molecular weight is 499 g/mol. The molecule has 0 bridgehead atoms. The van der Waals surface area contributed by atoms with Gasteiger partial charge in [-0.25, -0.2) is 8.42 Å². The lowest BCUT2D eigenvalue weighted by molar-refractivity contribution is -0.121. The molecular formula is C22H27ClN2O5S2. The molecule has 1 aliphatic rings. The van der Waals surface area contributed by atoms with Crippen LogP contribution in [-0.4, -0.2) is 63.8 Å². The van der Waals surface area contributed by atoms with Crippen LogP contribution in [0, 0.1) is 0 Å². The van der Waals surface area contributed by atoms with Crippen molar-refractivity contribution in [1.29, 1.82) is 0 Å². The third-order valence-electron chi connectivity index (χ3n) is 4.76. The Morgan fingerprint density at radius 1 is 1.09 bits per heavy atom. The number of amides is 1. The van der Waals surface area contributed by atoms with Crippen molar-refractivity contribution in [3.63, 3.8) is 0 Å². The molecule has 1 N–H and O–H groups in total. The van der Waals surface area contributed by atoms with Gasteiger partial charge in [0.2, 0.25) is 15.9 Å². The van der Waals surface area contributed by atoms with Crippen LogP contribution in [0.1, 0.15) is 12.8 Å². The normalized spacial score (nSPS) is 14.8. The van der Waals surface area contributed by atoms with Crippen LogP contribution in [0.5, 0.6) is 5.75 Å². The predicted molar refractivity (Wildman–Crippen MR) is 126 cm³/mol. The number of carbonyl (C=O) groups is 1. The van der Waals surface area contributed by atoms with Gasteiger partial charge in [0.1, 0.15) is 12.4 Å². The first-order valence-electron chi connectivity index (χ1n) is 10.4. The number of rotatable bonds is 11. The lowest BCUT2D eigenvalue weighted by Gasteiger charge is -2.26. The van der Waals surface area contributed by atoms with Gasteiger partial charge in [0.25, 0.3) is 0 Å². The molecule has 0 radical (unpaired) electrons. The summed E-state index contributed by atoms with van der Waals surface area (Å²) in [6.45, 7) is 2.23. The fourth-order valence-electron chi connectivity index (χ4n) is 3.05. The number of sulfonamides is 1. The fourth-order valence-corrected chi connectivity index (χ4v) is 5.43. The maximum atomic E-state index is 12.6. The largest absolute Gasteiger partial charge is 0.492 e. The number of ether oxygens (including phenoxy) is 2. The Morgan fingerprint density at radius 2 is 1.78 bits per heavy atom. The van der Waals surface area contributed by atoms with Gasteiger partial charge in [-0.15, -0.1) is 11.8 Å². The van der Waals surface area contributed by atoms with E-state index in [0.29, 0.717) is 56.6 Å². The van der Waals surface area contributed by atoms with Crippen LogP contribution in [-0.2, 0) is 19.6 Å². The van der Waals surface area contributed by atoms with Crippen LogP contribution in [0.15, 0.2) is 58.3 Å². The first-order chi connectivity index (χ1) is 15.4. The van der Waals surface area contributed by atoms with Gasteiger partial charge >= 0.3 is 0 Å². The van der Waals surface area contributed by atoms with Crippen LogP contribution >= 0.6 is 23.4 Å². The van der Waals surface area contributed by atoms with Gasteiger partial charge in [0.05, 0.1) is 24.7 Å². The fraction of sp³-hybridized carbons (Fsp3) is 0.409. The Balaban J connectivity index is 1.31. The van der Waals surface area contributed by atoms with Crippen molar-refractivity contribution < 1.29 is 22.7 Å². The number of morpholine rings is 1. The Morgan fingerprint density at radius 3 is 2.47 bits per heavy atom. The molecule has 2 aromatic carbocycles. The predicted octanol–water partition coefficient (Wildman–Crippen LogP) is 3.43. The highest BCUT2D eigenvalue weighted by Gasteiger charge is 2.26. The second kappa shape index (κ2) is 12.5. The Labute approximate surface area is 198 Å². The minimum Gasteiger partial charge on any atom is -0.492 e. The molecule has 0 aliphatic carbocycles. The summed E-state index contributed by atoms with van der Waals surface area (Å²) in [7, 11) is -3.51. The van der Waals surface area contributed by atoms with Gasteiger partial charge in [0, 0.05) is 29.4 Å². The summed E-state index contributed by atoms with van der Waals surface area (Å²) in [4.78, 5) is 13.3. The van der Waals surface area contributed by atoms with E-state index in [1.165, 1.54) is 16.4 Å². The number of thioether (sulfide) groups is 1. The highest BCUT2D eigenvalue weighted by Crippen LogP contribution is 2.22. The van der Waals surface area contributed by atoms with Gasteiger partial charge in [-0.3, -0.25) is 4.79 Å². The molecule has 1 saturated heterocycles. The van der Waals surface area contributed by atoms with Crippen molar-refractivity contribution in [2.45, 2.75) is 22.6 Å². The minimum absolute atomic E-state index is 0.0164. The van der Waals surface area contributed by atoms with E-state index in [4.69, 9.17) is 21.1 Å². The van der Waals surface area contributed by atoms with Gasteiger partial charge < -0.3 is 14.8 Å². The van der Waals surface area contributed by atoms with Crippen molar-refractivity contribution in [3.05, 3.63) is 53.6 Å². The van der Waals surface area contributed by atoms with E-state index in [-0.39, 0.29) is 10.8 Å². The molecule has 0 spiro atoms. The van der Waals surface area contributed by atoms with Gasteiger partial charge in [-0.1, -0.05) is 11.6 Å². The highest BCUT2D eigenvalue weighted by molar-refractivity contribution is 7.99. The van der Waals surface area contributed by atoms with Crippen LogP contribution in [0.25, 0.3) is 0 Å². The topological polar surface area (TPSA) is 84.9 Å². The second-order valence-corrected chi connectivity index (χ2v) is 10.6. The molecule has 1 amide bonds. The first-order valence-corrected chi connectivity index (χ1v) is 13.2. The quantitative estimate of drug-likeness (QED) is 0.377. The van der Waals surface area contributed by atoms with Crippen molar-refractivity contribution in [2.24, 2.45) is 0 Å². The zero-order valence-corrected chi connectivity index (χ0v) is 20.1. The van der Waals surface area contributed by atoms with E-state index >= 15 is 0 Å². The monoisotopic (exact) mass is 498 g/mol. The molecule has 1 fully saturated rings. The molecular weight excluding hydrogens is 472 g/mol. The lowest BCUT2D eigenvalue weighted by atomic mass is 10.3. The molecule has 10 heteroatoms. The van der Waals surface area contributed by atoms with E-state index in [1.807, 2.05) is 24.3 Å². The third-order valence-corrected chi connectivity index (χ3v) is 8.02. The second-order valence-electron chi connectivity index (χ2n) is 7.09. The summed E-state index contributed by atoms with van der Waals surface area (Å²) < 4.78 is 37.5. The van der Waals surface area contributed by atoms with E-state index in [2.05, 4.69) is 5.32 Å². The molecule has 0 saturated carbocycles. The summed E-state index contributed by atoms with van der Waals surface area (Å²) >= 11 is 7.56. The summed E-state index contributed by atoms with van der Waals surface area (Å²) in [5, 5.41) is 3.55. The number of halogens is 1. The zero-order valence-electron chi connectivity index (χ0n) is 17.7. The van der Waals surface area contributed by atoms with Crippen LogP contribution < -0.4 is 10.1 Å². The number of hydrogen-bond donors (Lipinski definition) is 1. The minimum atomic E-state index is -3.51. The summed E-state index contributed by atoms with van der Waals surface area (Å²) in [6, 6.07) is 14.0. The lowest BCUT2D eigenvalue weighted by Crippen LogP contribution is -2.40. The molecule has 2 aromatic rings. The molecule has 1 aliphatic heterocycles. The maximum Gasteiger partial charge on any atom is 0.243 e. The average Bonchev–Trinajstić information content (AvgIpc) is 2.81. The van der Waals surface area contributed by atoms with Crippen molar-refractivity contribution in [1.82, 2.24) is 9.62 Å². The standard InChI is InChI=1S/C22H27ClN2O5S2/c23-18-3-7-20(8-4-18)31-17-1-2-22(26)24-11-14-30-19-5-9-21(10-6-19)32(27,28)25-12-15-29-16-13-25/h3-10H,1-2,11-17H2,(H,24,26). The van der Waals surface area contributed by atoms with Gasteiger partial charge in [-0.2, -0.15) is 4.31 Å². The number of hydrogen-bond acceptors (Lipinski definition) is 6.